The van der Waals surface area contributed by atoms with Crippen LogP contribution >= 0.6 is 11.8 Å². The Kier molecular flexibility index (Phi) is 10.1. The molecule has 1 aliphatic heterocycles. The van der Waals surface area contributed by atoms with E-state index < -0.39 is 33.4 Å². The van der Waals surface area contributed by atoms with Gasteiger partial charge >= 0.3 is 23.3 Å². The summed E-state index contributed by atoms with van der Waals surface area (Å²) >= 11 is 2.06. The number of hydrogen-bond acceptors (Lipinski definition) is 5. The largest absolute Gasteiger partial charge is 0.743 e. The van der Waals surface area contributed by atoms with Crippen LogP contribution in [0.1, 0.15) is 32.1 Å². The van der Waals surface area contributed by atoms with Crippen LogP contribution in [-0.4, -0.2) is 70.8 Å². The summed E-state index contributed by atoms with van der Waals surface area (Å²) in [6.07, 6.45) is -0.855. The van der Waals surface area contributed by atoms with E-state index in [0.717, 1.165) is 5.75 Å². The van der Waals surface area contributed by atoms with Gasteiger partial charge in [-0.1, -0.05) is 19.3 Å². The van der Waals surface area contributed by atoms with E-state index in [1.165, 1.54) is 55.1 Å². The first kappa shape index (κ1) is 29.7. The molecule has 0 amide bonds. The molecule has 0 spiro atoms. The smallest absolute Gasteiger partial charge is 0.460 e. The quantitative estimate of drug-likeness (QED) is 0.281. The third-order valence-corrected chi connectivity index (χ3v) is 9.51. The Hall–Kier alpha value is -0.350. The molecule has 0 N–H and O–H groups in total. The predicted molar refractivity (Wildman–Crippen MR) is 101 cm³/mol. The summed E-state index contributed by atoms with van der Waals surface area (Å²) in [5.41, 5.74) is 0. The summed E-state index contributed by atoms with van der Waals surface area (Å²) in [7, 11) is -6.96. The molecule has 4 nitrogen and oxygen atoms in total. The van der Waals surface area contributed by atoms with Gasteiger partial charge < -0.3 is 4.55 Å². The molecule has 0 aromatic heterocycles. The van der Waals surface area contributed by atoms with Gasteiger partial charge in [0.1, 0.15) is 11.5 Å². The average molecular weight is 545 g/mol. The van der Waals surface area contributed by atoms with E-state index in [1.54, 1.807) is 0 Å². The molecule has 2 rings (SSSR count). The van der Waals surface area contributed by atoms with Gasteiger partial charge in [0.2, 0.25) is 0 Å². The summed E-state index contributed by atoms with van der Waals surface area (Å²) in [6.45, 7) is 0. The molecule has 1 aliphatic carbocycles. The van der Waals surface area contributed by atoms with Crippen molar-refractivity contribution < 1.29 is 57.3 Å². The highest BCUT2D eigenvalue weighted by molar-refractivity contribution is 8.05. The van der Waals surface area contributed by atoms with E-state index in [9.17, 15) is 57.3 Å². The highest BCUT2D eigenvalue weighted by atomic mass is 32.2. The lowest BCUT2D eigenvalue weighted by Gasteiger charge is -2.34. The minimum atomic E-state index is -7.43. The van der Waals surface area contributed by atoms with Crippen LogP contribution in [-0.2, 0) is 25.8 Å². The van der Waals surface area contributed by atoms with Crippen molar-refractivity contribution in [2.45, 2.75) is 55.4 Å². The second kappa shape index (κ2) is 10.9. The fourth-order valence-corrected chi connectivity index (χ4v) is 7.57. The SMILES string of the molecule is O=C(C[S+]1CCSCC1)C1CCCCC1.O=S(=O)([O-])C(F)(F)C(F)(F)C(F)(F)C(F)(F)F. The number of hydrogen-bond donors (Lipinski definition) is 0. The van der Waals surface area contributed by atoms with Gasteiger partial charge in [0.15, 0.2) is 21.7 Å². The highest BCUT2D eigenvalue weighted by Crippen LogP contribution is 2.54. The van der Waals surface area contributed by atoms with Gasteiger partial charge in [-0.25, -0.2) is 8.42 Å². The Morgan fingerprint density at radius 3 is 1.75 bits per heavy atom. The number of halogens is 9. The third kappa shape index (κ3) is 6.84. The summed E-state index contributed by atoms with van der Waals surface area (Å²) < 4.78 is 135. The maximum absolute atomic E-state index is 12.2. The van der Waals surface area contributed by atoms with Crippen LogP contribution in [0.3, 0.4) is 0 Å². The maximum atomic E-state index is 12.2. The van der Waals surface area contributed by atoms with Crippen molar-refractivity contribution in [2.24, 2.45) is 5.92 Å². The second-order valence-electron chi connectivity index (χ2n) is 7.20. The molecule has 0 unspecified atom stereocenters. The lowest BCUT2D eigenvalue weighted by molar-refractivity contribution is -0.382. The standard InChI is InChI=1S/C12H21OS2.C4HF9O3S/c13-12(11-4-2-1-3-5-11)10-15-8-6-14-7-9-15;5-1(6,3(9,10)11)2(7,8)4(12,13)17(14,15)16/h11H,1-10H2;(H,14,15,16)/q+1;/p-1. The van der Waals surface area contributed by atoms with Crippen molar-refractivity contribution in [3.05, 3.63) is 0 Å². The van der Waals surface area contributed by atoms with Crippen LogP contribution in [0, 0.1) is 5.92 Å². The van der Waals surface area contributed by atoms with E-state index in [4.69, 9.17) is 0 Å². The van der Waals surface area contributed by atoms with Crippen molar-refractivity contribution in [3.8, 4) is 0 Å². The first-order valence-electron chi connectivity index (χ1n) is 9.26. The Balaban J connectivity index is 0.000000321. The molecule has 190 valence electrons. The van der Waals surface area contributed by atoms with Gasteiger partial charge in [-0.3, -0.25) is 4.79 Å². The fourth-order valence-electron chi connectivity index (χ4n) is 2.96. The van der Waals surface area contributed by atoms with E-state index in [0.29, 0.717) is 22.6 Å². The summed E-state index contributed by atoms with van der Waals surface area (Å²) in [5.74, 6) is -7.65. The number of thioether (sulfide) groups is 1. The van der Waals surface area contributed by atoms with Crippen molar-refractivity contribution in [1.82, 2.24) is 0 Å². The molecule has 0 radical (unpaired) electrons. The van der Waals surface area contributed by atoms with Gasteiger partial charge in [-0.2, -0.15) is 51.3 Å². The van der Waals surface area contributed by atoms with Gasteiger partial charge in [-0.05, 0) is 23.7 Å². The molecule has 32 heavy (non-hydrogen) atoms. The maximum Gasteiger partial charge on any atom is 0.460 e. The van der Waals surface area contributed by atoms with E-state index in [1.807, 2.05) is 0 Å². The van der Waals surface area contributed by atoms with Crippen LogP contribution in [0.25, 0.3) is 0 Å². The van der Waals surface area contributed by atoms with Gasteiger partial charge in [0, 0.05) is 17.4 Å². The van der Waals surface area contributed by atoms with Crippen molar-refractivity contribution >= 4 is 38.6 Å². The molecule has 0 aromatic rings. The lowest BCUT2D eigenvalue weighted by Crippen LogP contribution is -2.63. The van der Waals surface area contributed by atoms with Crippen LogP contribution in [0.15, 0.2) is 0 Å². The fraction of sp³-hybridized carbons (Fsp3) is 0.938. The van der Waals surface area contributed by atoms with Crippen LogP contribution in [0.5, 0.6) is 0 Å². The molecule has 16 heteroatoms. The number of rotatable bonds is 6. The van der Waals surface area contributed by atoms with Crippen molar-refractivity contribution in [1.29, 1.82) is 0 Å². The van der Waals surface area contributed by atoms with E-state index in [2.05, 4.69) is 11.8 Å². The highest BCUT2D eigenvalue weighted by Gasteiger charge is 2.83. The molecule has 1 saturated carbocycles. The second-order valence-corrected chi connectivity index (χ2v) is 12.2. The monoisotopic (exact) mass is 544 g/mol. The Bertz CT molecular complexity index is 730. The molecule has 0 bridgehead atoms. The Morgan fingerprint density at radius 2 is 1.34 bits per heavy atom. The van der Waals surface area contributed by atoms with Gasteiger partial charge in [0.25, 0.3) is 0 Å². The first-order valence-corrected chi connectivity index (χ1v) is 13.6. The lowest BCUT2D eigenvalue weighted by atomic mass is 9.87. The topological polar surface area (TPSA) is 74.3 Å². The molecular formula is C16H21F9O4S3. The third-order valence-electron chi connectivity index (χ3n) is 4.87. The zero-order chi connectivity index (χ0) is 25.0. The Morgan fingerprint density at radius 1 is 0.875 bits per heavy atom. The van der Waals surface area contributed by atoms with E-state index in [-0.39, 0.29) is 0 Å². The summed E-state index contributed by atoms with van der Waals surface area (Å²) in [4.78, 5) is 12.1. The van der Waals surface area contributed by atoms with Gasteiger partial charge in [-0.15, -0.1) is 0 Å². The zero-order valence-electron chi connectivity index (χ0n) is 16.4. The number of ketones is 1. The van der Waals surface area contributed by atoms with Gasteiger partial charge in [0.05, 0.1) is 0 Å². The van der Waals surface area contributed by atoms with Crippen LogP contribution < -0.4 is 0 Å². The molecular weight excluding hydrogens is 523 g/mol. The van der Waals surface area contributed by atoms with Crippen LogP contribution in [0.2, 0.25) is 0 Å². The van der Waals surface area contributed by atoms with E-state index >= 15 is 0 Å². The molecule has 0 aromatic carbocycles. The van der Waals surface area contributed by atoms with Crippen molar-refractivity contribution in [2.75, 3.05) is 28.8 Å². The molecule has 0 atom stereocenters. The summed E-state index contributed by atoms with van der Waals surface area (Å²) in [6, 6.07) is 0. The molecule has 1 heterocycles. The molecule has 2 fully saturated rings. The number of carbonyl (C=O) groups excluding carboxylic acids is 1. The zero-order valence-corrected chi connectivity index (χ0v) is 18.9. The average Bonchev–Trinajstić information content (AvgIpc) is 2.68. The summed E-state index contributed by atoms with van der Waals surface area (Å²) in [5, 5.41) is -7.11. The van der Waals surface area contributed by atoms with Crippen molar-refractivity contribution in [3.63, 3.8) is 0 Å². The predicted octanol–water partition coefficient (Wildman–Crippen LogP) is 4.46. The normalized spacial score (nSPS) is 20.4. The Labute approximate surface area is 186 Å². The molecule has 1 saturated heterocycles. The number of carbonyl (C=O) groups is 1. The number of alkyl halides is 9. The number of Topliss-reactive ketones (excluding diaryl/α,β-unsaturated/α-hetero) is 1. The van der Waals surface area contributed by atoms with Crippen LogP contribution in [0.4, 0.5) is 39.5 Å². The minimum Gasteiger partial charge on any atom is -0.743 e. The minimum absolute atomic E-state index is 0.445. The first-order chi connectivity index (χ1) is 14.4. The molecule has 2 aliphatic rings.